The zero-order chi connectivity index (χ0) is 16.2. The first-order chi connectivity index (χ1) is 11.1. The molecule has 0 aliphatic rings. The summed E-state index contributed by atoms with van der Waals surface area (Å²) in [5, 5.41) is 4.10. The number of benzene rings is 1. The van der Waals surface area contributed by atoms with E-state index in [1.165, 1.54) is 0 Å². The number of furan rings is 1. The predicted octanol–water partition coefficient (Wildman–Crippen LogP) is 3.38. The largest absolute Gasteiger partial charge is 0.444 e. The first-order valence-corrected chi connectivity index (χ1v) is 7.61. The molecular weight excluding hydrogens is 360 g/mol. The normalized spacial score (nSPS) is 11.5. The maximum Gasteiger partial charge on any atom is 0.307 e. The van der Waals surface area contributed by atoms with E-state index in [4.69, 9.17) is 4.42 Å². The minimum Gasteiger partial charge on any atom is -0.444 e. The van der Waals surface area contributed by atoms with E-state index in [1.807, 2.05) is 42.0 Å². The van der Waals surface area contributed by atoms with Gasteiger partial charge in [0.1, 0.15) is 0 Å². The van der Waals surface area contributed by atoms with Crippen molar-refractivity contribution in [2.75, 3.05) is 0 Å². The summed E-state index contributed by atoms with van der Waals surface area (Å²) in [6.45, 7) is 1.82. The Morgan fingerprint density at radius 3 is 2.65 bits per heavy atom. The Balaban J connectivity index is 1.70. The second kappa shape index (κ2) is 6.62. The molecule has 0 aliphatic heterocycles. The number of aromatic nitrogens is 2. The van der Waals surface area contributed by atoms with Crippen molar-refractivity contribution in [1.82, 2.24) is 15.0 Å². The topological polar surface area (TPSA) is 72.4 Å². The van der Waals surface area contributed by atoms with E-state index in [2.05, 4.69) is 31.4 Å². The SMILES string of the molecule is CC(=NNC(=O)c1ccc(Br)o1)c1ccc(-n2ccnc2)cc1. The number of nitrogens with zero attached hydrogens (tertiary/aromatic N) is 3. The molecule has 0 radical (unpaired) electrons. The molecule has 7 heteroatoms. The molecule has 3 rings (SSSR count). The fraction of sp³-hybridized carbons (Fsp3) is 0.0625. The molecule has 1 amide bonds. The van der Waals surface area contributed by atoms with Crippen LogP contribution in [0.25, 0.3) is 5.69 Å². The van der Waals surface area contributed by atoms with E-state index in [9.17, 15) is 4.79 Å². The number of hydrogen-bond acceptors (Lipinski definition) is 4. The molecule has 0 bridgehead atoms. The van der Waals surface area contributed by atoms with E-state index in [0.29, 0.717) is 10.4 Å². The lowest BCUT2D eigenvalue weighted by atomic mass is 10.1. The maximum atomic E-state index is 11.9. The molecule has 0 atom stereocenters. The Kier molecular flexibility index (Phi) is 4.38. The fourth-order valence-electron chi connectivity index (χ4n) is 1.98. The predicted molar refractivity (Wildman–Crippen MR) is 89.6 cm³/mol. The molecule has 0 saturated carbocycles. The van der Waals surface area contributed by atoms with Crippen molar-refractivity contribution in [3.05, 3.63) is 71.1 Å². The van der Waals surface area contributed by atoms with Crippen LogP contribution in [0.1, 0.15) is 23.0 Å². The second-order valence-corrected chi connectivity index (χ2v) is 5.54. The summed E-state index contributed by atoms with van der Waals surface area (Å²) in [6, 6.07) is 11.0. The van der Waals surface area contributed by atoms with Gasteiger partial charge in [0.2, 0.25) is 0 Å². The Bertz CT molecular complexity index is 835. The number of hydrazone groups is 1. The number of nitrogens with one attached hydrogen (secondary N) is 1. The van der Waals surface area contributed by atoms with Gasteiger partial charge in [0.15, 0.2) is 10.4 Å². The van der Waals surface area contributed by atoms with E-state index in [1.54, 1.807) is 24.7 Å². The summed E-state index contributed by atoms with van der Waals surface area (Å²) >= 11 is 3.15. The molecule has 1 aromatic carbocycles. The molecule has 2 aromatic heterocycles. The minimum atomic E-state index is -0.398. The first kappa shape index (κ1) is 15.2. The molecule has 23 heavy (non-hydrogen) atoms. The molecule has 0 aliphatic carbocycles. The third-order valence-corrected chi connectivity index (χ3v) is 3.64. The number of rotatable bonds is 4. The third kappa shape index (κ3) is 3.57. The summed E-state index contributed by atoms with van der Waals surface area (Å²) in [5.74, 6) is -0.200. The van der Waals surface area contributed by atoms with Crippen LogP contribution in [0.4, 0.5) is 0 Å². The standard InChI is InChI=1S/C16H13BrN4O2/c1-11(19-20-16(22)14-6-7-15(17)23-14)12-2-4-13(5-3-12)21-9-8-18-10-21/h2-10H,1H3,(H,20,22). The number of carbonyl (C=O) groups is 1. The van der Waals surface area contributed by atoms with Crippen molar-refractivity contribution in [3.8, 4) is 5.69 Å². The van der Waals surface area contributed by atoms with E-state index >= 15 is 0 Å². The van der Waals surface area contributed by atoms with Crippen LogP contribution >= 0.6 is 15.9 Å². The Hall–Kier alpha value is -2.67. The third-order valence-electron chi connectivity index (χ3n) is 3.21. The number of amides is 1. The van der Waals surface area contributed by atoms with Crippen LogP contribution in [0.2, 0.25) is 0 Å². The number of carbonyl (C=O) groups excluding carboxylic acids is 1. The molecule has 116 valence electrons. The van der Waals surface area contributed by atoms with Gasteiger partial charge in [0, 0.05) is 18.1 Å². The average Bonchev–Trinajstić information content (AvgIpc) is 3.24. The Morgan fingerprint density at radius 2 is 2.04 bits per heavy atom. The summed E-state index contributed by atoms with van der Waals surface area (Å²) in [7, 11) is 0. The molecular formula is C16H13BrN4O2. The molecule has 3 aromatic rings. The van der Waals surface area contributed by atoms with Crippen molar-refractivity contribution in [1.29, 1.82) is 0 Å². The molecule has 0 unspecified atom stereocenters. The summed E-state index contributed by atoms with van der Waals surface area (Å²) in [4.78, 5) is 15.9. The molecule has 0 fully saturated rings. The fourth-order valence-corrected chi connectivity index (χ4v) is 2.28. The summed E-state index contributed by atoms with van der Waals surface area (Å²) in [6.07, 6.45) is 5.33. The van der Waals surface area contributed by atoms with Crippen LogP contribution in [-0.2, 0) is 0 Å². The number of halogens is 1. The highest BCUT2D eigenvalue weighted by Crippen LogP contribution is 2.14. The molecule has 6 nitrogen and oxygen atoms in total. The lowest BCUT2D eigenvalue weighted by Crippen LogP contribution is -2.18. The summed E-state index contributed by atoms with van der Waals surface area (Å²) in [5.41, 5.74) is 5.08. The van der Waals surface area contributed by atoms with Crippen molar-refractivity contribution in [2.24, 2.45) is 5.10 Å². The lowest BCUT2D eigenvalue weighted by Gasteiger charge is -2.05. The highest BCUT2D eigenvalue weighted by Gasteiger charge is 2.09. The second-order valence-electron chi connectivity index (χ2n) is 4.76. The highest BCUT2D eigenvalue weighted by atomic mass is 79.9. The van der Waals surface area contributed by atoms with Gasteiger partial charge in [-0.2, -0.15) is 5.10 Å². The van der Waals surface area contributed by atoms with Gasteiger partial charge in [0.25, 0.3) is 0 Å². The lowest BCUT2D eigenvalue weighted by molar-refractivity contribution is 0.0926. The average molecular weight is 373 g/mol. The highest BCUT2D eigenvalue weighted by molar-refractivity contribution is 9.10. The van der Waals surface area contributed by atoms with Gasteiger partial charge < -0.3 is 8.98 Å². The zero-order valence-electron chi connectivity index (χ0n) is 12.2. The smallest absolute Gasteiger partial charge is 0.307 e. The quantitative estimate of drug-likeness (QED) is 0.563. The van der Waals surface area contributed by atoms with Crippen LogP contribution in [0.5, 0.6) is 0 Å². The molecule has 0 spiro atoms. The van der Waals surface area contributed by atoms with Gasteiger partial charge in [-0.15, -0.1) is 0 Å². The van der Waals surface area contributed by atoms with Gasteiger partial charge in [-0.05, 0) is 52.7 Å². The molecule has 0 saturated heterocycles. The van der Waals surface area contributed by atoms with E-state index in [-0.39, 0.29) is 5.76 Å². The molecule has 1 N–H and O–H groups in total. The van der Waals surface area contributed by atoms with Crippen LogP contribution in [0, 0.1) is 0 Å². The van der Waals surface area contributed by atoms with E-state index in [0.717, 1.165) is 11.3 Å². The van der Waals surface area contributed by atoms with Crippen molar-refractivity contribution in [2.45, 2.75) is 6.92 Å². The molecule has 2 heterocycles. The van der Waals surface area contributed by atoms with Crippen LogP contribution in [0.3, 0.4) is 0 Å². The monoisotopic (exact) mass is 372 g/mol. The minimum absolute atomic E-state index is 0.198. The summed E-state index contributed by atoms with van der Waals surface area (Å²) < 4.78 is 7.58. The number of hydrogen-bond donors (Lipinski definition) is 1. The number of imidazole rings is 1. The van der Waals surface area contributed by atoms with Gasteiger partial charge in [-0.3, -0.25) is 4.79 Å². The van der Waals surface area contributed by atoms with Crippen LogP contribution in [-0.4, -0.2) is 21.2 Å². The Labute approximate surface area is 141 Å². The Morgan fingerprint density at radius 1 is 1.26 bits per heavy atom. The van der Waals surface area contributed by atoms with Crippen molar-refractivity contribution >= 4 is 27.5 Å². The maximum absolute atomic E-state index is 11.9. The van der Waals surface area contributed by atoms with Crippen LogP contribution < -0.4 is 5.43 Å². The zero-order valence-corrected chi connectivity index (χ0v) is 13.8. The van der Waals surface area contributed by atoms with Gasteiger partial charge in [0.05, 0.1) is 12.0 Å². The van der Waals surface area contributed by atoms with E-state index < -0.39 is 5.91 Å². The van der Waals surface area contributed by atoms with Gasteiger partial charge >= 0.3 is 5.91 Å². The van der Waals surface area contributed by atoms with Crippen molar-refractivity contribution < 1.29 is 9.21 Å². The van der Waals surface area contributed by atoms with Gasteiger partial charge in [-0.1, -0.05) is 12.1 Å². The van der Waals surface area contributed by atoms with Crippen LogP contribution in [0.15, 0.2) is 69.3 Å². The van der Waals surface area contributed by atoms with Gasteiger partial charge in [-0.25, -0.2) is 10.4 Å². The van der Waals surface area contributed by atoms with Crippen molar-refractivity contribution in [3.63, 3.8) is 0 Å². The first-order valence-electron chi connectivity index (χ1n) is 6.82.